The van der Waals surface area contributed by atoms with Gasteiger partial charge in [0, 0.05) is 11.1 Å². The van der Waals surface area contributed by atoms with Crippen molar-refractivity contribution in [3.8, 4) is 5.75 Å². The Morgan fingerprint density at radius 1 is 1.25 bits per heavy atom. The third-order valence-corrected chi connectivity index (χ3v) is 3.54. The number of hydrogen-bond donors (Lipinski definition) is 2. The van der Waals surface area contributed by atoms with E-state index >= 15 is 0 Å². The molecule has 0 amide bonds. The number of ether oxygens (including phenoxy) is 1. The fourth-order valence-electron chi connectivity index (χ4n) is 2.14. The van der Waals surface area contributed by atoms with Crippen LogP contribution < -0.4 is 10.5 Å². The molecule has 0 bridgehead atoms. The van der Waals surface area contributed by atoms with Gasteiger partial charge in [-0.25, -0.2) is 0 Å². The first-order valence-electron chi connectivity index (χ1n) is 7.43. The van der Waals surface area contributed by atoms with Gasteiger partial charge in [0.25, 0.3) is 0 Å². The van der Waals surface area contributed by atoms with Crippen LogP contribution in [0.4, 0.5) is 0 Å². The van der Waals surface area contributed by atoms with E-state index in [1.807, 2.05) is 18.2 Å². The van der Waals surface area contributed by atoms with Gasteiger partial charge in [0.05, 0.1) is 12.7 Å². The van der Waals surface area contributed by atoms with Crippen LogP contribution in [0.3, 0.4) is 0 Å². The highest BCUT2D eigenvalue weighted by Crippen LogP contribution is 2.25. The molecule has 1 rings (SSSR count). The van der Waals surface area contributed by atoms with E-state index in [1.54, 1.807) is 0 Å². The maximum absolute atomic E-state index is 10.0. The van der Waals surface area contributed by atoms with Crippen molar-refractivity contribution >= 4 is 11.6 Å². The van der Waals surface area contributed by atoms with Gasteiger partial charge in [0.1, 0.15) is 5.75 Å². The van der Waals surface area contributed by atoms with E-state index in [-0.39, 0.29) is 6.04 Å². The van der Waals surface area contributed by atoms with Crippen molar-refractivity contribution in [2.24, 2.45) is 5.73 Å². The van der Waals surface area contributed by atoms with Crippen LogP contribution in [-0.2, 0) is 6.42 Å². The molecule has 0 saturated carbocycles. The van der Waals surface area contributed by atoms with Gasteiger partial charge < -0.3 is 15.6 Å². The highest BCUT2D eigenvalue weighted by atomic mass is 35.5. The van der Waals surface area contributed by atoms with Crippen LogP contribution in [0.1, 0.15) is 45.1 Å². The molecule has 20 heavy (non-hydrogen) atoms. The number of benzene rings is 1. The summed E-state index contributed by atoms with van der Waals surface area (Å²) in [6, 6.07) is 5.48. The van der Waals surface area contributed by atoms with Crippen LogP contribution in [0.5, 0.6) is 5.75 Å². The number of aryl methyl sites for hydroxylation is 1. The smallest absolute Gasteiger partial charge is 0.122 e. The lowest BCUT2D eigenvalue weighted by molar-refractivity contribution is 0.130. The van der Waals surface area contributed by atoms with Gasteiger partial charge in [-0.05, 0) is 49.4 Å². The standard InChI is InChI=1S/C16H26ClNO2/c1-3-5-14(18)15(19)8-6-12-11-13(17)7-9-16(12)20-10-4-2/h7,9,11,14-15,19H,3-6,8,10,18H2,1-2H3. The van der Waals surface area contributed by atoms with Crippen LogP contribution in [0.25, 0.3) is 0 Å². The molecule has 0 heterocycles. The van der Waals surface area contributed by atoms with Gasteiger partial charge in [0.2, 0.25) is 0 Å². The fraction of sp³-hybridized carbons (Fsp3) is 0.625. The number of aliphatic hydroxyl groups excluding tert-OH is 1. The molecular weight excluding hydrogens is 274 g/mol. The van der Waals surface area contributed by atoms with Gasteiger partial charge in [0.15, 0.2) is 0 Å². The Hall–Kier alpha value is -0.770. The SMILES string of the molecule is CCCOc1ccc(Cl)cc1CCC(O)C(N)CCC. The normalized spacial score (nSPS) is 14.1. The minimum atomic E-state index is -0.479. The maximum Gasteiger partial charge on any atom is 0.122 e. The Labute approximate surface area is 127 Å². The van der Waals surface area contributed by atoms with Crippen molar-refractivity contribution in [3.05, 3.63) is 28.8 Å². The first-order chi connectivity index (χ1) is 9.58. The van der Waals surface area contributed by atoms with Gasteiger partial charge >= 0.3 is 0 Å². The average molecular weight is 300 g/mol. The molecule has 0 aliphatic heterocycles. The molecular formula is C16H26ClNO2. The summed E-state index contributed by atoms with van der Waals surface area (Å²) in [5.41, 5.74) is 6.97. The third kappa shape index (κ3) is 5.70. The first kappa shape index (κ1) is 17.3. The van der Waals surface area contributed by atoms with E-state index in [0.717, 1.165) is 37.0 Å². The monoisotopic (exact) mass is 299 g/mol. The van der Waals surface area contributed by atoms with Crippen molar-refractivity contribution in [1.82, 2.24) is 0 Å². The lowest BCUT2D eigenvalue weighted by Crippen LogP contribution is -2.34. The number of hydrogen-bond acceptors (Lipinski definition) is 3. The summed E-state index contributed by atoms with van der Waals surface area (Å²) in [4.78, 5) is 0. The summed E-state index contributed by atoms with van der Waals surface area (Å²) in [5.74, 6) is 0.854. The van der Waals surface area contributed by atoms with Crippen LogP contribution in [0.2, 0.25) is 5.02 Å². The quantitative estimate of drug-likeness (QED) is 0.733. The molecule has 3 N–H and O–H groups in total. The lowest BCUT2D eigenvalue weighted by Gasteiger charge is -2.19. The number of halogens is 1. The van der Waals surface area contributed by atoms with Gasteiger partial charge in [-0.15, -0.1) is 0 Å². The first-order valence-corrected chi connectivity index (χ1v) is 7.81. The maximum atomic E-state index is 10.0. The topological polar surface area (TPSA) is 55.5 Å². The zero-order chi connectivity index (χ0) is 15.0. The van der Waals surface area contributed by atoms with Crippen molar-refractivity contribution in [2.75, 3.05) is 6.61 Å². The molecule has 1 aromatic rings. The van der Waals surface area contributed by atoms with E-state index in [0.29, 0.717) is 18.1 Å². The summed E-state index contributed by atoms with van der Waals surface area (Å²) in [6.07, 6.45) is 3.66. The summed E-state index contributed by atoms with van der Waals surface area (Å²) in [6.45, 7) is 4.83. The van der Waals surface area contributed by atoms with Crippen molar-refractivity contribution in [1.29, 1.82) is 0 Å². The number of aliphatic hydroxyl groups is 1. The fourth-order valence-corrected chi connectivity index (χ4v) is 2.33. The molecule has 0 aromatic heterocycles. The number of nitrogens with two attached hydrogens (primary N) is 1. The van der Waals surface area contributed by atoms with Crippen LogP contribution in [0.15, 0.2) is 18.2 Å². The van der Waals surface area contributed by atoms with Crippen molar-refractivity contribution in [3.63, 3.8) is 0 Å². The molecule has 0 aliphatic carbocycles. The highest BCUT2D eigenvalue weighted by Gasteiger charge is 2.15. The zero-order valence-electron chi connectivity index (χ0n) is 12.4. The molecule has 0 radical (unpaired) electrons. The lowest BCUT2D eigenvalue weighted by atomic mass is 9.99. The Bertz CT molecular complexity index is 398. The summed E-state index contributed by atoms with van der Waals surface area (Å²) < 4.78 is 5.71. The molecule has 0 aliphatic rings. The minimum absolute atomic E-state index is 0.154. The predicted molar refractivity (Wildman–Crippen MR) is 84.4 cm³/mol. The van der Waals surface area contributed by atoms with Gasteiger partial charge in [-0.3, -0.25) is 0 Å². The second-order valence-electron chi connectivity index (χ2n) is 5.16. The second kappa shape index (κ2) is 9.22. The summed E-state index contributed by atoms with van der Waals surface area (Å²) >= 11 is 6.04. The Morgan fingerprint density at radius 3 is 2.65 bits per heavy atom. The van der Waals surface area contributed by atoms with Gasteiger partial charge in [-0.1, -0.05) is 31.9 Å². The van der Waals surface area contributed by atoms with E-state index in [1.165, 1.54) is 0 Å². The third-order valence-electron chi connectivity index (χ3n) is 3.31. The van der Waals surface area contributed by atoms with E-state index in [4.69, 9.17) is 22.1 Å². The zero-order valence-corrected chi connectivity index (χ0v) is 13.2. The van der Waals surface area contributed by atoms with E-state index in [9.17, 15) is 5.11 Å². The van der Waals surface area contributed by atoms with Crippen LogP contribution in [0, 0.1) is 0 Å². The Morgan fingerprint density at radius 2 is 2.00 bits per heavy atom. The highest BCUT2D eigenvalue weighted by molar-refractivity contribution is 6.30. The molecule has 2 atom stereocenters. The van der Waals surface area contributed by atoms with E-state index < -0.39 is 6.10 Å². The minimum Gasteiger partial charge on any atom is -0.493 e. The van der Waals surface area contributed by atoms with Crippen molar-refractivity contribution < 1.29 is 9.84 Å². The summed E-state index contributed by atoms with van der Waals surface area (Å²) in [7, 11) is 0. The number of rotatable bonds is 9. The van der Waals surface area contributed by atoms with Crippen LogP contribution >= 0.6 is 11.6 Å². The molecule has 2 unspecified atom stereocenters. The molecule has 1 aromatic carbocycles. The second-order valence-corrected chi connectivity index (χ2v) is 5.60. The average Bonchev–Trinajstić information content (AvgIpc) is 2.44. The Kier molecular flexibility index (Phi) is 7.97. The molecule has 4 heteroatoms. The molecule has 0 spiro atoms. The van der Waals surface area contributed by atoms with Crippen molar-refractivity contribution in [2.45, 2.75) is 58.1 Å². The summed E-state index contributed by atoms with van der Waals surface area (Å²) in [5, 5.41) is 10.7. The van der Waals surface area contributed by atoms with Crippen LogP contribution in [-0.4, -0.2) is 23.9 Å². The largest absolute Gasteiger partial charge is 0.493 e. The molecule has 0 fully saturated rings. The molecule has 114 valence electrons. The Balaban J connectivity index is 2.63. The predicted octanol–water partition coefficient (Wildman–Crippen LogP) is 3.55. The molecule has 3 nitrogen and oxygen atoms in total. The van der Waals surface area contributed by atoms with Gasteiger partial charge in [-0.2, -0.15) is 0 Å². The molecule has 0 saturated heterocycles. The van der Waals surface area contributed by atoms with E-state index in [2.05, 4.69) is 13.8 Å².